The van der Waals surface area contributed by atoms with E-state index in [2.05, 4.69) is 10.5 Å². The third-order valence-electron chi connectivity index (χ3n) is 8.00. The lowest BCUT2D eigenvalue weighted by Crippen LogP contribution is -2.40. The molecule has 0 bridgehead atoms. The van der Waals surface area contributed by atoms with Crippen molar-refractivity contribution in [1.29, 1.82) is 0 Å². The summed E-state index contributed by atoms with van der Waals surface area (Å²) < 4.78 is 73.7. The minimum absolute atomic E-state index is 0.00295. The van der Waals surface area contributed by atoms with Crippen LogP contribution >= 0.6 is 34.8 Å². The van der Waals surface area contributed by atoms with Gasteiger partial charge in [0, 0.05) is 24.2 Å². The number of furan rings is 1. The summed E-state index contributed by atoms with van der Waals surface area (Å²) in [5.41, 5.74) is 3.82. The van der Waals surface area contributed by atoms with Crippen LogP contribution in [0.1, 0.15) is 22.6 Å². The molecule has 12 nitrogen and oxygen atoms in total. The Kier molecular flexibility index (Phi) is 13.8. The average molecular weight is 834 g/mol. The molecule has 4 aromatic carbocycles. The first kappa shape index (κ1) is 40.8. The maximum atomic E-state index is 13.8. The van der Waals surface area contributed by atoms with Gasteiger partial charge < -0.3 is 13.9 Å². The quantitative estimate of drug-likeness (QED) is 0.0776. The Bertz CT molecular complexity index is 2320. The Hall–Kier alpha value is -4.41. The lowest BCUT2D eigenvalue weighted by Gasteiger charge is -2.22. The summed E-state index contributed by atoms with van der Waals surface area (Å²) in [5, 5.41) is 4.93. The largest absolute Gasteiger partial charge is 0.493 e. The Balaban J connectivity index is 1.30. The highest BCUT2D eigenvalue weighted by molar-refractivity contribution is 7.89. The van der Waals surface area contributed by atoms with E-state index in [9.17, 15) is 21.6 Å². The second-order valence-corrected chi connectivity index (χ2v) is 16.8. The van der Waals surface area contributed by atoms with E-state index < -0.39 is 32.5 Å². The van der Waals surface area contributed by atoms with Crippen molar-refractivity contribution < 1.29 is 35.5 Å². The van der Waals surface area contributed by atoms with E-state index in [1.165, 1.54) is 67.2 Å². The maximum Gasteiger partial charge on any atom is 0.255 e. The molecule has 54 heavy (non-hydrogen) atoms. The van der Waals surface area contributed by atoms with Crippen molar-refractivity contribution in [3.63, 3.8) is 0 Å². The van der Waals surface area contributed by atoms with E-state index in [1.807, 2.05) is 30.3 Å². The van der Waals surface area contributed by atoms with Crippen molar-refractivity contribution in [3.05, 3.63) is 141 Å². The van der Waals surface area contributed by atoms with Crippen LogP contribution < -0.4 is 14.9 Å². The Morgan fingerprint density at radius 1 is 0.741 bits per heavy atom. The third-order valence-corrected chi connectivity index (χ3v) is 12.6. The van der Waals surface area contributed by atoms with Gasteiger partial charge in [-0.2, -0.15) is 13.7 Å². The predicted octanol–water partition coefficient (Wildman–Crippen LogP) is 7.03. The van der Waals surface area contributed by atoms with E-state index in [-0.39, 0.29) is 51.7 Å². The summed E-state index contributed by atoms with van der Waals surface area (Å²) >= 11 is 18.3. The summed E-state index contributed by atoms with van der Waals surface area (Å²) in [7, 11) is -5.39. The summed E-state index contributed by atoms with van der Waals surface area (Å²) in [4.78, 5) is 13.0. The molecule has 17 heteroatoms. The van der Waals surface area contributed by atoms with Gasteiger partial charge in [0.2, 0.25) is 20.0 Å². The number of hydrogen-bond acceptors (Lipinski definition) is 9. The number of carbonyl (C=O) groups excluding carboxylic acids is 1. The average Bonchev–Trinajstić information content (AvgIpc) is 3.61. The molecule has 0 aliphatic carbocycles. The third kappa shape index (κ3) is 10.4. The molecular formula is C37H35Cl3N4O8S2. The van der Waals surface area contributed by atoms with Crippen LogP contribution in [0.4, 0.5) is 0 Å². The van der Waals surface area contributed by atoms with Crippen molar-refractivity contribution in [2.24, 2.45) is 5.10 Å². The highest BCUT2D eigenvalue weighted by Crippen LogP contribution is 2.31. The Morgan fingerprint density at radius 2 is 1.43 bits per heavy atom. The number of methoxy groups -OCH3 is 2. The zero-order valence-electron chi connectivity index (χ0n) is 29.0. The molecule has 0 saturated carbocycles. The first-order valence-corrected chi connectivity index (χ1v) is 20.2. The molecule has 0 fully saturated rings. The molecule has 1 heterocycles. The number of amides is 1. The molecule has 1 amide bonds. The lowest BCUT2D eigenvalue weighted by atomic mass is 10.1. The number of benzene rings is 4. The smallest absolute Gasteiger partial charge is 0.255 e. The van der Waals surface area contributed by atoms with Crippen LogP contribution in [0.2, 0.25) is 15.1 Å². The van der Waals surface area contributed by atoms with Gasteiger partial charge in [-0.25, -0.2) is 22.3 Å². The minimum atomic E-state index is -4.18. The molecule has 0 atom stereocenters. The van der Waals surface area contributed by atoms with Crippen molar-refractivity contribution in [3.8, 4) is 11.5 Å². The number of ether oxygens (including phenoxy) is 2. The van der Waals surface area contributed by atoms with Gasteiger partial charge in [-0.15, -0.1) is 0 Å². The number of halogens is 3. The van der Waals surface area contributed by atoms with Crippen LogP contribution in [-0.2, 0) is 44.4 Å². The fraction of sp³-hybridized carbons (Fsp3) is 0.189. The van der Waals surface area contributed by atoms with Crippen LogP contribution in [0.25, 0.3) is 0 Å². The second kappa shape index (κ2) is 18.3. The highest BCUT2D eigenvalue weighted by atomic mass is 35.5. The second-order valence-electron chi connectivity index (χ2n) is 11.7. The minimum Gasteiger partial charge on any atom is -0.493 e. The van der Waals surface area contributed by atoms with Gasteiger partial charge in [-0.3, -0.25) is 4.79 Å². The van der Waals surface area contributed by atoms with E-state index in [1.54, 1.807) is 30.3 Å². The van der Waals surface area contributed by atoms with Gasteiger partial charge in [-0.1, -0.05) is 71.2 Å². The number of sulfonamides is 2. The molecule has 1 aromatic heterocycles. The zero-order valence-corrected chi connectivity index (χ0v) is 32.9. The molecule has 0 aliphatic rings. The molecule has 1 N–H and O–H groups in total. The SMILES string of the molecule is COc1ccc(S(=O)(=O)N(CCc2ccccc2)CC(=O)N/N=C\c2ccc(CN(Cc3ccc(Cl)c(Cl)c3)S(=O)(=O)c3ccc(Cl)cc3)o2)cc1OC. The molecule has 0 saturated heterocycles. The number of nitrogens with zero attached hydrogens (tertiary/aromatic N) is 3. The fourth-order valence-corrected chi connectivity index (χ4v) is 8.47. The first-order valence-electron chi connectivity index (χ1n) is 16.2. The number of hydrazone groups is 1. The summed E-state index contributed by atoms with van der Waals surface area (Å²) in [6.45, 7) is -0.779. The standard InChI is InChI=1S/C37H35Cl3N4O8S2/c1-50-35-17-15-32(21-36(35)51-2)54(48,49)43(19-18-26-6-4-3-5-7-26)25-37(45)42-41-22-29-11-12-30(52-29)24-44(23-27-8-16-33(39)34(40)20-27)53(46,47)31-13-9-28(38)10-14-31/h3-17,20-22H,18-19,23-25H2,1-2H3,(H,42,45)/b41-22-. The Labute approximate surface area is 328 Å². The molecule has 0 spiro atoms. The molecule has 5 rings (SSSR count). The van der Waals surface area contributed by atoms with Crippen LogP contribution in [0.5, 0.6) is 11.5 Å². The van der Waals surface area contributed by atoms with Crippen LogP contribution in [0.15, 0.2) is 122 Å². The lowest BCUT2D eigenvalue weighted by molar-refractivity contribution is -0.121. The number of carbonyl (C=O) groups is 1. The number of rotatable bonds is 17. The van der Waals surface area contributed by atoms with Crippen LogP contribution in [0, 0.1) is 0 Å². The van der Waals surface area contributed by atoms with Crippen molar-refractivity contribution >= 4 is 67.0 Å². The topological polar surface area (TPSA) is 148 Å². The normalized spacial score (nSPS) is 12.1. The predicted molar refractivity (Wildman–Crippen MR) is 207 cm³/mol. The van der Waals surface area contributed by atoms with Gasteiger partial charge in [0.15, 0.2) is 11.5 Å². The monoisotopic (exact) mass is 832 g/mol. The molecule has 284 valence electrons. The number of hydrogen-bond donors (Lipinski definition) is 1. The summed E-state index contributed by atoms with van der Waals surface area (Å²) in [6, 6.07) is 27.2. The van der Waals surface area contributed by atoms with Gasteiger partial charge >= 0.3 is 0 Å². The molecule has 0 unspecified atom stereocenters. The van der Waals surface area contributed by atoms with Crippen LogP contribution in [-0.4, -0.2) is 64.9 Å². The Morgan fingerprint density at radius 3 is 2.11 bits per heavy atom. The van der Waals surface area contributed by atoms with Crippen molar-refractivity contribution in [2.75, 3.05) is 27.3 Å². The maximum absolute atomic E-state index is 13.8. The fourth-order valence-electron chi connectivity index (χ4n) is 5.22. The van der Waals surface area contributed by atoms with Crippen molar-refractivity contribution in [1.82, 2.24) is 14.0 Å². The van der Waals surface area contributed by atoms with E-state index in [4.69, 9.17) is 48.7 Å². The number of nitrogens with one attached hydrogen (secondary N) is 1. The zero-order chi connectivity index (χ0) is 38.9. The van der Waals surface area contributed by atoms with E-state index in [0.717, 1.165) is 9.87 Å². The van der Waals surface area contributed by atoms with Gasteiger partial charge in [0.05, 0.1) is 53.4 Å². The first-order chi connectivity index (χ1) is 25.8. The molecular weight excluding hydrogens is 799 g/mol. The van der Waals surface area contributed by atoms with E-state index in [0.29, 0.717) is 27.8 Å². The summed E-state index contributed by atoms with van der Waals surface area (Å²) in [5.74, 6) is 0.323. The highest BCUT2D eigenvalue weighted by Gasteiger charge is 2.29. The molecule has 0 radical (unpaired) electrons. The summed E-state index contributed by atoms with van der Waals surface area (Å²) in [6.07, 6.45) is 1.56. The molecule has 0 aliphatic heterocycles. The van der Waals surface area contributed by atoms with Crippen molar-refractivity contribution in [2.45, 2.75) is 29.3 Å². The van der Waals surface area contributed by atoms with Gasteiger partial charge in [0.25, 0.3) is 5.91 Å². The molecule has 5 aromatic rings. The van der Waals surface area contributed by atoms with E-state index >= 15 is 0 Å². The van der Waals surface area contributed by atoms with Gasteiger partial charge in [-0.05, 0) is 78.2 Å². The van der Waals surface area contributed by atoms with Crippen LogP contribution in [0.3, 0.4) is 0 Å². The van der Waals surface area contributed by atoms with Gasteiger partial charge in [0.1, 0.15) is 11.5 Å².